The van der Waals surface area contributed by atoms with Gasteiger partial charge in [-0.1, -0.05) is 0 Å². The van der Waals surface area contributed by atoms with Crippen molar-refractivity contribution in [3.63, 3.8) is 0 Å². The third kappa shape index (κ3) is 2.95. The molecule has 3 heterocycles. The number of anilines is 1. The molecule has 118 valence electrons. The number of rotatable bonds is 4. The van der Waals surface area contributed by atoms with Crippen molar-refractivity contribution >= 4 is 22.4 Å². The smallest absolute Gasteiger partial charge is 0.274 e. The van der Waals surface area contributed by atoms with Crippen LogP contribution in [-0.4, -0.2) is 52.3 Å². The second-order valence-corrected chi connectivity index (χ2v) is 5.67. The van der Waals surface area contributed by atoms with Gasteiger partial charge in [-0.15, -0.1) is 21.5 Å². The molecule has 2 aromatic rings. The number of aryl methyl sites for hydroxylation is 1. The number of nitrogens with one attached hydrogen (secondary N) is 1. The molecule has 1 N–H and O–H groups in total. The molecule has 9 heteroatoms. The number of amides is 1. The van der Waals surface area contributed by atoms with Crippen LogP contribution in [0.1, 0.15) is 35.2 Å². The molecule has 1 fully saturated rings. The molecule has 0 bridgehead atoms. The lowest BCUT2D eigenvalue weighted by Crippen LogP contribution is -2.43. The molecule has 0 spiro atoms. The van der Waals surface area contributed by atoms with Crippen molar-refractivity contribution in [3.8, 4) is 0 Å². The Labute approximate surface area is 131 Å². The van der Waals surface area contributed by atoms with Gasteiger partial charge in [0.1, 0.15) is 11.7 Å². The van der Waals surface area contributed by atoms with Crippen molar-refractivity contribution in [1.82, 2.24) is 20.1 Å². The van der Waals surface area contributed by atoms with E-state index in [0.29, 0.717) is 37.2 Å². The summed E-state index contributed by atoms with van der Waals surface area (Å²) in [5.74, 6) is 0.716. The fraction of sp³-hybridized carbons (Fsp3) is 0.538. The normalized spacial score (nSPS) is 18.5. The molecule has 0 aromatic carbocycles. The summed E-state index contributed by atoms with van der Waals surface area (Å²) < 4.78 is 10.9. The highest BCUT2D eigenvalue weighted by atomic mass is 32.1. The molecule has 3 rings (SSSR count). The SMILES string of the molecule is CCNc1nc(C(=O)N2CCOCC2c2nnc(C)o2)cs1. The Kier molecular flexibility index (Phi) is 4.34. The van der Waals surface area contributed by atoms with E-state index in [0.717, 1.165) is 11.7 Å². The van der Waals surface area contributed by atoms with Crippen molar-refractivity contribution < 1.29 is 13.9 Å². The Morgan fingerprint density at radius 3 is 3.14 bits per heavy atom. The highest BCUT2D eigenvalue weighted by Gasteiger charge is 2.34. The zero-order valence-corrected chi connectivity index (χ0v) is 13.2. The Morgan fingerprint density at radius 2 is 2.41 bits per heavy atom. The minimum absolute atomic E-state index is 0.149. The van der Waals surface area contributed by atoms with E-state index in [-0.39, 0.29) is 11.9 Å². The van der Waals surface area contributed by atoms with Crippen LogP contribution in [0.25, 0.3) is 0 Å². The summed E-state index contributed by atoms with van der Waals surface area (Å²) in [5.41, 5.74) is 0.420. The van der Waals surface area contributed by atoms with Gasteiger partial charge in [-0.2, -0.15) is 0 Å². The lowest BCUT2D eigenvalue weighted by Gasteiger charge is -2.32. The van der Waals surface area contributed by atoms with Crippen LogP contribution in [0.2, 0.25) is 0 Å². The van der Waals surface area contributed by atoms with Gasteiger partial charge < -0.3 is 19.4 Å². The van der Waals surface area contributed by atoms with Crippen LogP contribution in [0.15, 0.2) is 9.80 Å². The minimum atomic E-state index is -0.369. The van der Waals surface area contributed by atoms with Crippen molar-refractivity contribution in [2.24, 2.45) is 0 Å². The number of hydrogen-bond acceptors (Lipinski definition) is 8. The van der Waals surface area contributed by atoms with E-state index in [2.05, 4.69) is 20.5 Å². The van der Waals surface area contributed by atoms with Crippen molar-refractivity contribution in [2.75, 3.05) is 31.6 Å². The number of carbonyl (C=O) groups excluding carboxylic acids is 1. The fourth-order valence-corrected chi connectivity index (χ4v) is 3.00. The van der Waals surface area contributed by atoms with Gasteiger partial charge in [0.15, 0.2) is 5.13 Å². The first-order valence-electron chi connectivity index (χ1n) is 7.07. The molecular weight excluding hydrogens is 306 g/mol. The van der Waals surface area contributed by atoms with Crippen LogP contribution >= 0.6 is 11.3 Å². The highest BCUT2D eigenvalue weighted by Crippen LogP contribution is 2.26. The Bertz CT molecular complexity index is 656. The number of nitrogens with zero attached hydrogens (tertiary/aromatic N) is 4. The minimum Gasteiger partial charge on any atom is -0.423 e. The molecule has 1 amide bonds. The molecule has 2 aromatic heterocycles. The Morgan fingerprint density at radius 1 is 1.55 bits per heavy atom. The Balaban J connectivity index is 1.81. The van der Waals surface area contributed by atoms with Gasteiger partial charge in [-0.25, -0.2) is 4.98 Å². The first kappa shape index (κ1) is 14.9. The molecule has 1 aliphatic heterocycles. The second-order valence-electron chi connectivity index (χ2n) is 4.82. The largest absolute Gasteiger partial charge is 0.423 e. The van der Waals surface area contributed by atoms with Gasteiger partial charge in [0.05, 0.1) is 13.2 Å². The van der Waals surface area contributed by atoms with E-state index in [9.17, 15) is 4.79 Å². The van der Waals surface area contributed by atoms with Crippen LogP contribution in [0.5, 0.6) is 0 Å². The third-order valence-corrected chi connectivity index (χ3v) is 4.07. The average molecular weight is 323 g/mol. The van der Waals surface area contributed by atoms with Crippen LogP contribution < -0.4 is 5.32 Å². The van der Waals surface area contributed by atoms with Gasteiger partial charge >= 0.3 is 0 Å². The number of ether oxygens (including phenoxy) is 1. The van der Waals surface area contributed by atoms with E-state index < -0.39 is 0 Å². The van der Waals surface area contributed by atoms with E-state index in [1.165, 1.54) is 11.3 Å². The molecule has 22 heavy (non-hydrogen) atoms. The second kappa shape index (κ2) is 6.41. The summed E-state index contributed by atoms with van der Waals surface area (Å²) in [5, 5.41) is 13.4. The van der Waals surface area contributed by atoms with E-state index in [1.54, 1.807) is 17.2 Å². The van der Waals surface area contributed by atoms with Crippen molar-refractivity contribution in [3.05, 3.63) is 22.9 Å². The number of thiazole rings is 1. The van der Waals surface area contributed by atoms with Gasteiger partial charge in [-0.05, 0) is 6.92 Å². The van der Waals surface area contributed by atoms with E-state index in [4.69, 9.17) is 9.15 Å². The quantitative estimate of drug-likeness (QED) is 0.910. The number of aromatic nitrogens is 3. The van der Waals surface area contributed by atoms with Crippen LogP contribution in [0.4, 0.5) is 5.13 Å². The predicted molar refractivity (Wildman–Crippen MR) is 79.9 cm³/mol. The first-order valence-corrected chi connectivity index (χ1v) is 7.95. The summed E-state index contributed by atoms with van der Waals surface area (Å²) in [6.45, 7) is 5.77. The fourth-order valence-electron chi connectivity index (χ4n) is 2.25. The van der Waals surface area contributed by atoms with E-state index in [1.807, 2.05) is 6.92 Å². The lowest BCUT2D eigenvalue weighted by atomic mass is 10.2. The zero-order valence-electron chi connectivity index (χ0n) is 12.4. The zero-order chi connectivity index (χ0) is 15.5. The molecular formula is C13H17N5O3S. The van der Waals surface area contributed by atoms with Crippen molar-refractivity contribution in [1.29, 1.82) is 0 Å². The summed E-state index contributed by atoms with van der Waals surface area (Å²) in [6, 6.07) is -0.369. The van der Waals surface area contributed by atoms with Gasteiger partial charge in [-0.3, -0.25) is 4.79 Å². The maximum absolute atomic E-state index is 12.7. The third-order valence-electron chi connectivity index (χ3n) is 3.27. The Hall–Kier alpha value is -2.00. The van der Waals surface area contributed by atoms with Crippen molar-refractivity contribution in [2.45, 2.75) is 19.9 Å². The van der Waals surface area contributed by atoms with E-state index >= 15 is 0 Å². The maximum Gasteiger partial charge on any atom is 0.274 e. The number of carbonyl (C=O) groups is 1. The standard InChI is InChI=1S/C13H17N5O3S/c1-3-14-13-15-9(7-22-13)12(19)18-4-5-20-6-10(18)11-17-16-8(2)21-11/h7,10H,3-6H2,1-2H3,(H,14,15). The lowest BCUT2D eigenvalue weighted by molar-refractivity contribution is -0.0108. The monoisotopic (exact) mass is 323 g/mol. The molecule has 8 nitrogen and oxygen atoms in total. The molecule has 0 aliphatic carbocycles. The van der Waals surface area contributed by atoms with Crippen LogP contribution in [0, 0.1) is 6.92 Å². The maximum atomic E-state index is 12.7. The summed E-state index contributed by atoms with van der Waals surface area (Å²) >= 11 is 1.42. The first-order chi connectivity index (χ1) is 10.7. The van der Waals surface area contributed by atoms with Crippen LogP contribution in [-0.2, 0) is 4.74 Å². The van der Waals surface area contributed by atoms with Gasteiger partial charge in [0, 0.05) is 25.4 Å². The topological polar surface area (TPSA) is 93.4 Å². The molecule has 1 saturated heterocycles. The molecule has 0 radical (unpaired) electrons. The average Bonchev–Trinajstić information content (AvgIpc) is 3.16. The summed E-state index contributed by atoms with van der Waals surface area (Å²) in [7, 11) is 0. The van der Waals surface area contributed by atoms with Crippen LogP contribution in [0.3, 0.4) is 0 Å². The molecule has 1 atom stereocenters. The number of hydrogen-bond donors (Lipinski definition) is 1. The molecule has 1 aliphatic rings. The number of morpholine rings is 1. The van der Waals surface area contributed by atoms with Gasteiger partial charge in [0.2, 0.25) is 11.8 Å². The summed E-state index contributed by atoms with van der Waals surface area (Å²) in [4.78, 5) is 18.7. The predicted octanol–water partition coefficient (Wildman–Crippen LogP) is 1.48. The van der Waals surface area contributed by atoms with Gasteiger partial charge in [0.25, 0.3) is 5.91 Å². The molecule has 0 saturated carbocycles. The molecule has 1 unspecified atom stereocenters. The summed E-state index contributed by atoms with van der Waals surface area (Å²) in [6.07, 6.45) is 0. The highest BCUT2D eigenvalue weighted by molar-refractivity contribution is 7.13.